The average Bonchev–Trinajstić information content (AvgIpc) is 2.77. The number of thioether (sulfide) groups is 1. The number of carbonyl (C=O) groups is 1. The monoisotopic (exact) mass is 280 g/mol. The quantitative estimate of drug-likeness (QED) is 0.872. The Morgan fingerprint density at radius 1 is 1.39 bits per heavy atom. The fourth-order valence-corrected chi connectivity index (χ4v) is 3.40. The molecule has 0 radical (unpaired) electrons. The maximum atomic E-state index is 10.8. The molecule has 2 rings (SSSR count). The summed E-state index contributed by atoms with van der Waals surface area (Å²) >= 11 is 2.64. The van der Waals surface area contributed by atoms with Crippen LogP contribution >= 0.6 is 23.1 Å². The normalized spacial score (nSPS) is 12.3. The predicted octanol–water partition coefficient (Wildman–Crippen LogP) is 3.08. The van der Waals surface area contributed by atoms with Crippen molar-refractivity contribution in [3.8, 4) is 10.6 Å². The molecular weight excluding hydrogens is 268 g/mol. The molecule has 1 aromatic heterocycles. The van der Waals surface area contributed by atoms with Crippen LogP contribution in [-0.2, 0) is 4.79 Å². The van der Waals surface area contributed by atoms with Crippen molar-refractivity contribution in [2.45, 2.75) is 23.4 Å². The van der Waals surface area contributed by atoms with Crippen LogP contribution in [0.4, 0.5) is 0 Å². The molecule has 4 nitrogen and oxygen atoms in total. The van der Waals surface area contributed by atoms with Crippen LogP contribution in [0.2, 0.25) is 0 Å². The molecule has 0 saturated heterocycles. The van der Waals surface area contributed by atoms with Crippen molar-refractivity contribution in [2.75, 3.05) is 0 Å². The Morgan fingerprint density at radius 2 is 2.11 bits per heavy atom. The molecule has 6 heteroatoms. The van der Waals surface area contributed by atoms with Gasteiger partial charge in [0.2, 0.25) is 0 Å². The van der Waals surface area contributed by atoms with E-state index in [0.717, 1.165) is 16.1 Å². The van der Waals surface area contributed by atoms with Gasteiger partial charge >= 0.3 is 5.97 Å². The predicted molar refractivity (Wildman–Crippen MR) is 73.0 cm³/mol. The van der Waals surface area contributed by atoms with Gasteiger partial charge in [-0.15, -0.1) is 10.2 Å². The lowest BCUT2D eigenvalue weighted by Crippen LogP contribution is -2.10. The Labute approximate surface area is 113 Å². The van der Waals surface area contributed by atoms with Crippen LogP contribution in [0, 0.1) is 6.92 Å². The Kier molecular flexibility index (Phi) is 3.98. The van der Waals surface area contributed by atoms with E-state index in [1.54, 1.807) is 6.92 Å². The molecule has 0 amide bonds. The molecule has 94 valence electrons. The van der Waals surface area contributed by atoms with Gasteiger partial charge in [-0.25, -0.2) is 0 Å². The Balaban J connectivity index is 2.21. The van der Waals surface area contributed by atoms with Crippen LogP contribution in [0.5, 0.6) is 0 Å². The number of aliphatic carboxylic acids is 1. The third-order valence-electron chi connectivity index (χ3n) is 2.41. The molecule has 1 unspecified atom stereocenters. The van der Waals surface area contributed by atoms with Crippen molar-refractivity contribution in [1.82, 2.24) is 10.2 Å². The lowest BCUT2D eigenvalue weighted by Gasteiger charge is -2.01. The summed E-state index contributed by atoms with van der Waals surface area (Å²) in [5, 5.41) is 17.3. The largest absolute Gasteiger partial charge is 0.480 e. The molecule has 0 bridgehead atoms. The third kappa shape index (κ3) is 2.88. The molecular formula is C12H12N2O2S2. The number of hydrogen-bond donors (Lipinski definition) is 1. The molecule has 18 heavy (non-hydrogen) atoms. The number of hydrogen-bond acceptors (Lipinski definition) is 5. The van der Waals surface area contributed by atoms with Gasteiger partial charge in [-0.2, -0.15) is 0 Å². The maximum Gasteiger partial charge on any atom is 0.316 e. The second kappa shape index (κ2) is 5.49. The molecule has 0 spiro atoms. The summed E-state index contributed by atoms with van der Waals surface area (Å²) in [4.78, 5) is 10.8. The SMILES string of the molecule is Cc1ccccc1-c1nnc(SC(C)C(=O)O)s1. The van der Waals surface area contributed by atoms with E-state index >= 15 is 0 Å². The second-order valence-electron chi connectivity index (χ2n) is 3.79. The van der Waals surface area contributed by atoms with E-state index in [1.165, 1.54) is 23.1 Å². The number of benzene rings is 1. The van der Waals surface area contributed by atoms with Crippen LogP contribution in [0.3, 0.4) is 0 Å². The maximum absolute atomic E-state index is 10.8. The highest BCUT2D eigenvalue weighted by molar-refractivity contribution is 8.02. The van der Waals surface area contributed by atoms with Crippen LogP contribution in [0.25, 0.3) is 10.6 Å². The van der Waals surface area contributed by atoms with Gasteiger partial charge < -0.3 is 5.11 Å². The minimum atomic E-state index is -0.840. The minimum absolute atomic E-state index is 0.511. The highest BCUT2D eigenvalue weighted by Gasteiger charge is 2.16. The summed E-state index contributed by atoms with van der Waals surface area (Å²) in [5.41, 5.74) is 2.18. The van der Waals surface area contributed by atoms with Gasteiger partial charge in [-0.1, -0.05) is 47.4 Å². The molecule has 1 atom stereocenters. The number of carboxylic acid groups (broad SMARTS) is 1. The first-order valence-corrected chi connectivity index (χ1v) is 7.06. The highest BCUT2D eigenvalue weighted by atomic mass is 32.2. The summed E-state index contributed by atoms with van der Waals surface area (Å²) in [7, 11) is 0. The van der Waals surface area contributed by atoms with Crippen molar-refractivity contribution in [3.05, 3.63) is 29.8 Å². The second-order valence-corrected chi connectivity index (χ2v) is 6.35. The molecule has 1 aromatic carbocycles. The van der Waals surface area contributed by atoms with Crippen molar-refractivity contribution in [2.24, 2.45) is 0 Å². The van der Waals surface area contributed by atoms with Gasteiger partial charge in [0.25, 0.3) is 0 Å². The van der Waals surface area contributed by atoms with Crippen LogP contribution in [-0.4, -0.2) is 26.5 Å². The van der Waals surface area contributed by atoms with Gasteiger partial charge in [0.15, 0.2) is 4.34 Å². The molecule has 0 aliphatic carbocycles. The lowest BCUT2D eigenvalue weighted by molar-refractivity contribution is -0.136. The van der Waals surface area contributed by atoms with Gasteiger partial charge in [0, 0.05) is 5.56 Å². The first kappa shape index (κ1) is 13.0. The number of aryl methyl sites for hydroxylation is 1. The lowest BCUT2D eigenvalue weighted by atomic mass is 10.1. The fourth-order valence-electron chi connectivity index (χ4n) is 1.38. The summed E-state index contributed by atoms with van der Waals surface area (Å²) in [5.74, 6) is -0.840. The van der Waals surface area contributed by atoms with E-state index in [4.69, 9.17) is 5.11 Å². The van der Waals surface area contributed by atoms with Crippen LogP contribution in [0.1, 0.15) is 12.5 Å². The highest BCUT2D eigenvalue weighted by Crippen LogP contribution is 2.32. The van der Waals surface area contributed by atoms with E-state index in [-0.39, 0.29) is 0 Å². The topological polar surface area (TPSA) is 63.1 Å². The van der Waals surface area contributed by atoms with Gasteiger partial charge in [-0.05, 0) is 19.4 Å². The third-order valence-corrected chi connectivity index (χ3v) is 4.54. The zero-order chi connectivity index (χ0) is 13.1. The standard InChI is InChI=1S/C12H12N2O2S2/c1-7-5-3-4-6-9(7)10-13-14-12(18-10)17-8(2)11(15)16/h3-6,8H,1-2H3,(H,15,16). The number of nitrogens with zero attached hydrogens (tertiary/aromatic N) is 2. The molecule has 0 aliphatic heterocycles. The number of carboxylic acids is 1. The smallest absolute Gasteiger partial charge is 0.316 e. The van der Waals surface area contributed by atoms with Crippen molar-refractivity contribution < 1.29 is 9.90 Å². The molecule has 1 heterocycles. The van der Waals surface area contributed by atoms with Crippen molar-refractivity contribution >= 4 is 29.1 Å². The van der Waals surface area contributed by atoms with E-state index in [0.29, 0.717) is 4.34 Å². The van der Waals surface area contributed by atoms with Gasteiger partial charge in [0.05, 0.1) is 0 Å². The van der Waals surface area contributed by atoms with E-state index in [1.807, 2.05) is 31.2 Å². The first-order valence-electron chi connectivity index (χ1n) is 5.37. The van der Waals surface area contributed by atoms with E-state index < -0.39 is 11.2 Å². The molecule has 0 saturated carbocycles. The zero-order valence-corrected chi connectivity index (χ0v) is 11.6. The Bertz CT molecular complexity index is 569. The Morgan fingerprint density at radius 3 is 2.78 bits per heavy atom. The number of aromatic nitrogens is 2. The van der Waals surface area contributed by atoms with Crippen molar-refractivity contribution in [1.29, 1.82) is 0 Å². The minimum Gasteiger partial charge on any atom is -0.480 e. The first-order chi connectivity index (χ1) is 8.58. The zero-order valence-electron chi connectivity index (χ0n) is 9.95. The van der Waals surface area contributed by atoms with Crippen LogP contribution in [0.15, 0.2) is 28.6 Å². The summed E-state index contributed by atoms with van der Waals surface area (Å²) in [6.45, 7) is 3.66. The average molecular weight is 280 g/mol. The van der Waals surface area contributed by atoms with Gasteiger partial charge in [0.1, 0.15) is 10.3 Å². The molecule has 0 aliphatic rings. The van der Waals surface area contributed by atoms with E-state index in [2.05, 4.69) is 10.2 Å². The number of rotatable bonds is 4. The van der Waals surface area contributed by atoms with Gasteiger partial charge in [-0.3, -0.25) is 4.79 Å². The molecule has 1 N–H and O–H groups in total. The summed E-state index contributed by atoms with van der Waals surface area (Å²) < 4.78 is 0.683. The molecule has 0 fully saturated rings. The Hall–Kier alpha value is -1.40. The summed E-state index contributed by atoms with van der Waals surface area (Å²) in [6, 6.07) is 7.94. The molecule has 2 aromatic rings. The van der Waals surface area contributed by atoms with E-state index in [9.17, 15) is 4.79 Å². The van der Waals surface area contributed by atoms with Crippen molar-refractivity contribution in [3.63, 3.8) is 0 Å². The fraction of sp³-hybridized carbons (Fsp3) is 0.250. The van der Waals surface area contributed by atoms with Crippen LogP contribution < -0.4 is 0 Å². The summed E-state index contributed by atoms with van der Waals surface area (Å²) in [6.07, 6.45) is 0.